The van der Waals surface area contributed by atoms with Crippen LogP contribution in [0.1, 0.15) is 50.7 Å². The second-order valence-corrected chi connectivity index (χ2v) is 7.55. The van der Waals surface area contributed by atoms with Gasteiger partial charge >= 0.3 is 6.03 Å². The molecule has 1 N–H and O–H groups in total. The molecule has 0 aliphatic carbocycles. The minimum absolute atomic E-state index is 0.0299. The van der Waals surface area contributed by atoms with E-state index in [2.05, 4.69) is 12.2 Å². The van der Waals surface area contributed by atoms with E-state index >= 15 is 0 Å². The SMILES string of the molecule is CCCCNC(=O)N(CC(=O)N(Cc1ccccc1)Cc1ccc(C)o1)C(C)C. The average Bonchev–Trinajstić information content (AvgIpc) is 3.10. The Hall–Kier alpha value is -2.76. The van der Waals surface area contributed by atoms with Crippen LogP contribution in [0.2, 0.25) is 0 Å². The van der Waals surface area contributed by atoms with Crippen molar-refractivity contribution in [2.75, 3.05) is 13.1 Å². The lowest BCUT2D eigenvalue weighted by Gasteiger charge is -2.30. The molecule has 0 saturated carbocycles. The number of carbonyl (C=O) groups is 2. The normalized spacial score (nSPS) is 10.8. The lowest BCUT2D eigenvalue weighted by Crippen LogP contribution is -2.49. The van der Waals surface area contributed by atoms with Crippen molar-refractivity contribution in [2.45, 2.75) is 59.7 Å². The van der Waals surface area contributed by atoms with E-state index in [-0.39, 0.29) is 24.5 Å². The minimum atomic E-state index is -0.199. The van der Waals surface area contributed by atoms with Gasteiger partial charge in [0, 0.05) is 19.1 Å². The Kier molecular flexibility index (Phi) is 8.77. The van der Waals surface area contributed by atoms with E-state index in [0.29, 0.717) is 19.6 Å². The van der Waals surface area contributed by atoms with Gasteiger partial charge in [-0.3, -0.25) is 4.79 Å². The highest BCUT2D eigenvalue weighted by molar-refractivity contribution is 5.84. The van der Waals surface area contributed by atoms with E-state index in [1.54, 1.807) is 9.80 Å². The molecule has 158 valence electrons. The van der Waals surface area contributed by atoms with Crippen molar-refractivity contribution in [3.63, 3.8) is 0 Å². The van der Waals surface area contributed by atoms with Gasteiger partial charge in [0.15, 0.2) is 0 Å². The molecular formula is C23H33N3O3. The van der Waals surface area contributed by atoms with E-state index in [9.17, 15) is 9.59 Å². The van der Waals surface area contributed by atoms with Crippen LogP contribution in [-0.4, -0.2) is 40.9 Å². The number of nitrogens with one attached hydrogen (secondary N) is 1. The molecule has 1 aromatic heterocycles. The summed E-state index contributed by atoms with van der Waals surface area (Å²) in [4.78, 5) is 29.1. The molecule has 0 spiro atoms. The van der Waals surface area contributed by atoms with E-state index < -0.39 is 0 Å². The van der Waals surface area contributed by atoms with Gasteiger partial charge in [-0.05, 0) is 44.9 Å². The summed E-state index contributed by atoms with van der Waals surface area (Å²) in [6.45, 7) is 9.28. The number of unbranched alkanes of at least 4 members (excludes halogenated alkanes) is 1. The fraction of sp³-hybridized carbons (Fsp3) is 0.478. The van der Waals surface area contributed by atoms with E-state index in [1.165, 1.54) is 0 Å². The molecule has 0 atom stereocenters. The highest BCUT2D eigenvalue weighted by Gasteiger charge is 2.24. The molecular weight excluding hydrogens is 366 g/mol. The summed E-state index contributed by atoms with van der Waals surface area (Å²) in [6, 6.07) is 13.3. The predicted octanol–water partition coefficient (Wildman–Crippen LogP) is 4.34. The third kappa shape index (κ3) is 7.29. The van der Waals surface area contributed by atoms with Gasteiger partial charge in [-0.25, -0.2) is 4.79 Å². The number of carbonyl (C=O) groups excluding carboxylic acids is 2. The molecule has 0 unspecified atom stereocenters. The van der Waals surface area contributed by atoms with Crippen LogP contribution in [0.3, 0.4) is 0 Å². The van der Waals surface area contributed by atoms with Crippen molar-refractivity contribution in [1.29, 1.82) is 0 Å². The van der Waals surface area contributed by atoms with E-state index in [4.69, 9.17) is 4.42 Å². The zero-order valence-electron chi connectivity index (χ0n) is 18.0. The second kappa shape index (κ2) is 11.3. The van der Waals surface area contributed by atoms with Crippen LogP contribution in [0, 0.1) is 6.92 Å². The van der Waals surface area contributed by atoms with E-state index in [1.807, 2.05) is 63.2 Å². The van der Waals surface area contributed by atoms with Crippen molar-refractivity contribution < 1.29 is 14.0 Å². The van der Waals surface area contributed by atoms with Crippen LogP contribution in [0.5, 0.6) is 0 Å². The number of benzene rings is 1. The summed E-state index contributed by atoms with van der Waals surface area (Å²) in [6.07, 6.45) is 1.93. The molecule has 6 nitrogen and oxygen atoms in total. The zero-order valence-corrected chi connectivity index (χ0v) is 18.0. The molecule has 0 bridgehead atoms. The van der Waals surface area contributed by atoms with Crippen molar-refractivity contribution in [1.82, 2.24) is 15.1 Å². The molecule has 6 heteroatoms. The average molecular weight is 400 g/mol. The Morgan fingerprint density at radius 2 is 1.79 bits per heavy atom. The highest BCUT2D eigenvalue weighted by atomic mass is 16.3. The maximum Gasteiger partial charge on any atom is 0.318 e. The standard InChI is InChI=1S/C23H33N3O3/c1-5-6-14-24-23(28)26(18(2)3)17-22(27)25(15-20-10-8-7-9-11-20)16-21-13-12-19(4)29-21/h7-13,18H,5-6,14-17H2,1-4H3,(H,24,28). The van der Waals surface area contributed by atoms with Gasteiger partial charge in [-0.1, -0.05) is 43.7 Å². The summed E-state index contributed by atoms with van der Waals surface area (Å²) in [5.41, 5.74) is 1.03. The number of furan rings is 1. The maximum absolute atomic E-state index is 13.2. The van der Waals surface area contributed by atoms with Crippen molar-refractivity contribution in [3.8, 4) is 0 Å². The fourth-order valence-electron chi connectivity index (χ4n) is 3.00. The summed E-state index contributed by atoms with van der Waals surface area (Å²) < 4.78 is 5.68. The largest absolute Gasteiger partial charge is 0.464 e. The molecule has 2 aromatic rings. The van der Waals surface area contributed by atoms with Crippen molar-refractivity contribution in [2.24, 2.45) is 0 Å². The second-order valence-electron chi connectivity index (χ2n) is 7.55. The fourth-order valence-corrected chi connectivity index (χ4v) is 3.00. The summed E-state index contributed by atoms with van der Waals surface area (Å²) in [5.74, 6) is 1.43. The molecule has 1 heterocycles. The molecule has 1 aromatic carbocycles. The number of hydrogen-bond acceptors (Lipinski definition) is 3. The van der Waals surface area contributed by atoms with Crippen LogP contribution >= 0.6 is 0 Å². The Morgan fingerprint density at radius 3 is 2.38 bits per heavy atom. The van der Waals surface area contributed by atoms with Crippen molar-refractivity contribution >= 4 is 11.9 Å². The van der Waals surface area contributed by atoms with Gasteiger partial charge in [0.05, 0.1) is 6.54 Å². The smallest absolute Gasteiger partial charge is 0.318 e. The van der Waals surface area contributed by atoms with Gasteiger partial charge < -0.3 is 19.5 Å². The molecule has 0 aliphatic heterocycles. The van der Waals surface area contributed by atoms with Crippen LogP contribution in [0.15, 0.2) is 46.9 Å². The lowest BCUT2D eigenvalue weighted by molar-refractivity contribution is -0.133. The number of hydrogen-bond donors (Lipinski definition) is 1. The zero-order chi connectivity index (χ0) is 21.2. The summed E-state index contributed by atoms with van der Waals surface area (Å²) in [5, 5.41) is 2.91. The van der Waals surface area contributed by atoms with Crippen LogP contribution in [0.4, 0.5) is 4.79 Å². The lowest BCUT2D eigenvalue weighted by atomic mass is 10.2. The van der Waals surface area contributed by atoms with E-state index in [0.717, 1.165) is 29.9 Å². The van der Waals surface area contributed by atoms with Gasteiger partial charge in [-0.2, -0.15) is 0 Å². The predicted molar refractivity (Wildman–Crippen MR) is 114 cm³/mol. The molecule has 0 aliphatic rings. The van der Waals surface area contributed by atoms with Crippen LogP contribution < -0.4 is 5.32 Å². The first-order chi connectivity index (χ1) is 13.9. The third-order valence-corrected chi connectivity index (χ3v) is 4.71. The Labute approximate surface area is 173 Å². The first kappa shape index (κ1) is 22.5. The number of urea groups is 1. The molecule has 0 radical (unpaired) electrons. The Balaban J connectivity index is 2.12. The number of nitrogens with zero attached hydrogens (tertiary/aromatic N) is 2. The molecule has 0 fully saturated rings. The molecule has 2 rings (SSSR count). The summed E-state index contributed by atoms with van der Waals surface area (Å²) >= 11 is 0. The van der Waals surface area contributed by atoms with Gasteiger partial charge in [-0.15, -0.1) is 0 Å². The van der Waals surface area contributed by atoms with Crippen LogP contribution in [-0.2, 0) is 17.9 Å². The Bertz CT molecular complexity index is 771. The van der Waals surface area contributed by atoms with Crippen LogP contribution in [0.25, 0.3) is 0 Å². The third-order valence-electron chi connectivity index (χ3n) is 4.71. The van der Waals surface area contributed by atoms with Gasteiger partial charge in [0.2, 0.25) is 5.91 Å². The maximum atomic E-state index is 13.2. The number of amides is 3. The van der Waals surface area contributed by atoms with Gasteiger partial charge in [0.25, 0.3) is 0 Å². The number of aryl methyl sites for hydroxylation is 1. The monoisotopic (exact) mass is 399 g/mol. The van der Waals surface area contributed by atoms with Crippen molar-refractivity contribution in [3.05, 3.63) is 59.5 Å². The quantitative estimate of drug-likeness (QED) is 0.605. The highest BCUT2D eigenvalue weighted by Crippen LogP contribution is 2.14. The summed E-state index contributed by atoms with van der Waals surface area (Å²) in [7, 11) is 0. The van der Waals surface area contributed by atoms with Gasteiger partial charge in [0.1, 0.15) is 18.1 Å². The number of rotatable bonds is 10. The molecule has 0 saturated heterocycles. The Morgan fingerprint density at radius 1 is 1.07 bits per heavy atom. The molecule has 3 amide bonds. The molecule has 29 heavy (non-hydrogen) atoms. The minimum Gasteiger partial charge on any atom is -0.464 e. The first-order valence-corrected chi connectivity index (χ1v) is 10.3. The topological polar surface area (TPSA) is 65.8 Å². The first-order valence-electron chi connectivity index (χ1n) is 10.3.